The van der Waals surface area contributed by atoms with Gasteiger partial charge in [-0.2, -0.15) is 0 Å². The molecular formula is C9H22ClNO. The van der Waals surface area contributed by atoms with Crippen molar-refractivity contribution in [3.05, 3.63) is 0 Å². The van der Waals surface area contributed by atoms with Crippen molar-refractivity contribution >= 4 is 12.4 Å². The molecule has 0 aliphatic carbocycles. The highest BCUT2D eigenvalue weighted by Crippen LogP contribution is 1.96. The maximum Gasteiger partial charge on any atom is 0.0430 e. The van der Waals surface area contributed by atoms with Crippen molar-refractivity contribution in [3.63, 3.8) is 0 Å². The Bertz CT molecular complexity index is 54.0. The molecule has 2 nitrogen and oxygen atoms in total. The third-order valence-electron chi connectivity index (χ3n) is 1.72. The van der Waals surface area contributed by atoms with Crippen molar-refractivity contribution in [2.45, 2.75) is 39.0 Å². The van der Waals surface area contributed by atoms with Crippen LogP contribution in [0, 0.1) is 0 Å². The first-order valence-electron chi connectivity index (χ1n) is 4.73. The second-order valence-electron chi connectivity index (χ2n) is 2.89. The molecule has 0 spiro atoms. The van der Waals surface area contributed by atoms with Gasteiger partial charge in [0, 0.05) is 6.61 Å². The fourth-order valence-electron chi connectivity index (χ4n) is 0.960. The zero-order chi connectivity index (χ0) is 8.36. The van der Waals surface area contributed by atoms with Gasteiger partial charge in [-0.25, -0.2) is 0 Å². The number of nitrogens with one attached hydrogen (secondary N) is 1. The van der Waals surface area contributed by atoms with E-state index in [1.165, 1.54) is 32.4 Å². The summed E-state index contributed by atoms with van der Waals surface area (Å²) in [5.41, 5.74) is 0. The molecule has 0 aromatic rings. The molecule has 0 bridgehead atoms. The van der Waals surface area contributed by atoms with Crippen LogP contribution in [0.1, 0.15) is 39.0 Å². The number of hydrogen-bond acceptors (Lipinski definition) is 2. The number of halogens is 1. The Morgan fingerprint density at radius 2 is 1.75 bits per heavy atom. The van der Waals surface area contributed by atoms with Crippen LogP contribution in [0.25, 0.3) is 0 Å². The predicted molar refractivity (Wildman–Crippen MR) is 56.0 cm³/mol. The Hall–Kier alpha value is 0.210. The van der Waals surface area contributed by atoms with Gasteiger partial charge >= 0.3 is 0 Å². The van der Waals surface area contributed by atoms with Gasteiger partial charge in [0.2, 0.25) is 0 Å². The highest BCUT2D eigenvalue weighted by Gasteiger charge is 1.93. The lowest BCUT2D eigenvalue weighted by Crippen LogP contribution is -2.21. The number of rotatable bonds is 2. The standard InChI is InChI=1S/C5H11N.C4H10O.ClH/c1-2-4-6-5-3-1;1-2-3-4-5;/h6H,1-5H2;5H,2-4H2,1H3;1H. The summed E-state index contributed by atoms with van der Waals surface area (Å²) >= 11 is 0. The SMILES string of the molecule is C1CCNCC1.CCCCO.Cl. The second-order valence-corrected chi connectivity index (χ2v) is 2.89. The molecular weight excluding hydrogens is 174 g/mol. The molecule has 0 saturated carbocycles. The number of hydrogen-bond donors (Lipinski definition) is 2. The third-order valence-corrected chi connectivity index (χ3v) is 1.72. The lowest BCUT2D eigenvalue weighted by Gasteiger charge is -2.08. The highest BCUT2D eigenvalue weighted by molar-refractivity contribution is 5.85. The smallest absolute Gasteiger partial charge is 0.0430 e. The first-order valence-corrected chi connectivity index (χ1v) is 4.73. The molecule has 0 unspecified atom stereocenters. The lowest BCUT2D eigenvalue weighted by molar-refractivity contribution is 0.287. The van der Waals surface area contributed by atoms with E-state index in [0.29, 0.717) is 6.61 Å². The van der Waals surface area contributed by atoms with E-state index in [-0.39, 0.29) is 12.4 Å². The van der Waals surface area contributed by atoms with E-state index in [2.05, 4.69) is 12.2 Å². The van der Waals surface area contributed by atoms with Crippen LogP contribution in [0.5, 0.6) is 0 Å². The molecule has 1 fully saturated rings. The van der Waals surface area contributed by atoms with Gasteiger partial charge < -0.3 is 10.4 Å². The minimum atomic E-state index is 0. The van der Waals surface area contributed by atoms with Crippen LogP contribution in [-0.4, -0.2) is 24.8 Å². The second kappa shape index (κ2) is 13.8. The van der Waals surface area contributed by atoms with E-state index in [9.17, 15) is 0 Å². The molecule has 12 heavy (non-hydrogen) atoms. The van der Waals surface area contributed by atoms with Gasteiger partial charge in [-0.3, -0.25) is 0 Å². The summed E-state index contributed by atoms with van der Waals surface area (Å²) in [7, 11) is 0. The van der Waals surface area contributed by atoms with Crippen molar-refractivity contribution in [2.24, 2.45) is 0 Å². The fourth-order valence-corrected chi connectivity index (χ4v) is 0.960. The van der Waals surface area contributed by atoms with Gasteiger partial charge in [-0.1, -0.05) is 19.8 Å². The maximum absolute atomic E-state index is 8.07. The summed E-state index contributed by atoms with van der Waals surface area (Å²) in [6.07, 6.45) is 6.25. The molecule has 0 amide bonds. The molecule has 76 valence electrons. The summed E-state index contributed by atoms with van der Waals surface area (Å²) in [6.45, 7) is 4.90. The first kappa shape index (κ1) is 14.7. The van der Waals surface area contributed by atoms with Crippen molar-refractivity contribution in [2.75, 3.05) is 19.7 Å². The molecule has 1 aliphatic heterocycles. The van der Waals surface area contributed by atoms with Crippen LogP contribution in [0.3, 0.4) is 0 Å². The normalized spacial score (nSPS) is 15.5. The molecule has 3 heteroatoms. The van der Waals surface area contributed by atoms with Gasteiger partial charge in [-0.15, -0.1) is 12.4 Å². The average Bonchev–Trinajstić information content (AvgIpc) is 2.10. The van der Waals surface area contributed by atoms with E-state index in [1.807, 2.05) is 0 Å². The van der Waals surface area contributed by atoms with Crippen molar-refractivity contribution < 1.29 is 5.11 Å². The van der Waals surface area contributed by atoms with Crippen LogP contribution in [0.2, 0.25) is 0 Å². The van der Waals surface area contributed by atoms with Crippen LogP contribution < -0.4 is 5.32 Å². The Balaban J connectivity index is 0. The van der Waals surface area contributed by atoms with E-state index in [4.69, 9.17) is 5.11 Å². The largest absolute Gasteiger partial charge is 0.396 e. The Morgan fingerprint density at radius 3 is 1.83 bits per heavy atom. The van der Waals surface area contributed by atoms with Gasteiger partial charge in [0.25, 0.3) is 0 Å². The highest BCUT2D eigenvalue weighted by atomic mass is 35.5. The van der Waals surface area contributed by atoms with E-state index in [0.717, 1.165) is 12.8 Å². The number of aliphatic hydroxyl groups excluding tert-OH is 1. The van der Waals surface area contributed by atoms with Crippen molar-refractivity contribution in [1.29, 1.82) is 0 Å². The van der Waals surface area contributed by atoms with Crippen LogP contribution in [-0.2, 0) is 0 Å². The summed E-state index contributed by atoms with van der Waals surface area (Å²) < 4.78 is 0. The monoisotopic (exact) mass is 195 g/mol. The first-order chi connectivity index (χ1) is 5.41. The molecule has 1 rings (SSSR count). The molecule has 1 aliphatic rings. The van der Waals surface area contributed by atoms with Crippen molar-refractivity contribution in [3.8, 4) is 0 Å². The number of piperidine rings is 1. The minimum absolute atomic E-state index is 0. The fraction of sp³-hybridized carbons (Fsp3) is 1.00. The predicted octanol–water partition coefficient (Wildman–Crippen LogP) is 1.96. The number of unbranched alkanes of at least 4 members (excludes halogenated alkanes) is 1. The van der Waals surface area contributed by atoms with Gasteiger partial charge in [0.15, 0.2) is 0 Å². The summed E-state index contributed by atoms with van der Waals surface area (Å²) in [6, 6.07) is 0. The molecule has 0 atom stereocenters. The van der Waals surface area contributed by atoms with Gasteiger partial charge in [-0.05, 0) is 32.4 Å². The summed E-state index contributed by atoms with van der Waals surface area (Å²) in [5.74, 6) is 0. The van der Waals surface area contributed by atoms with Crippen LogP contribution in [0.4, 0.5) is 0 Å². The summed E-state index contributed by atoms with van der Waals surface area (Å²) in [4.78, 5) is 0. The molecule has 2 N–H and O–H groups in total. The summed E-state index contributed by atoms with van der Waals surface area (Å²) in [5, 5.41) is 11.4. The van der Waals surface area contributed by atoms with Crippen LogP contribution >= 0.6 is 12.4 Å². The Morgan fingerprint density at radius 1 is 1.17 bits per heavy atom. The van der Waals surface area contributed by atoms with E-state index in [1.54, 1.807) is 0 Å². The van der Waals surface area contributed by atoms with Gasteiger partial charge in [0.1, 0.15) is 0 Å². The molecule has 1 heterocycles. The minimum Gasteiger partial charge on any atom is -0.396 e. The third kappa shape index (κ3) is 12.8. The molecule has 1 saturated heterocycles. The molecule has 0 aromatic carbocycles. The number of aliphatic hydroxyl groups is 1. The Kier molecular flexibility index (Phi) is 16.9. The van der Waals surface area contributed by atoms with Crippen LogP contribution in [0.15, 0.2) is 0 Å². The lowest BCUT2D eigenvalue weighted by atomic mass is 10.2. The van der Waals surface area contributed by atoms with E-state index < -0.39 is 0 Å². The zero-order valence-electron chi connectivity index (χ0n) is 8.01. The quantitative estimate of drug-likeness (QED) is 0.706. The van der Waals surface area contributed by atoms with Gasteiger partial charge in [0.05, 0.1) is 0 Å². The van der Waals surface area contributed by atoms with E-state index >= 15 is 0 Å². The zero-order valence-corrected chi connectivity index (χ0v) is 8.83. The molecule has 0 aromatic heterocycles. The topological polar surface area (TPSA) is 32.3 Å². The average molecular weight is 196 g/mol. The Labute approximate surface area is 82.2 Å². The maximum atomic E-state index is 8.07. The molecule has 0 radical (unpaired) electrons. The van der Waals surface area contributed by atoms with Crippen molar-refractivity contribution in [1.82, 2.24) is 5.32 Å².